The summed E-state index contributed by atoms with van der Waals surface area (Å²) in [7, 11) is 1.51. The molecule has 42 heavy (non-hydrogen) atoms. The SMILES string of the molecule is COc1cc(C=NNc2nc(Nc3ccc(C)cc3)nc(N3CCC(Cc4ccccc4)CC3)n2)ccc1OC(C)=O. The maximum absolute atomic E-state index is 11.3. The zero-order valence-electron chi connectivity index (χ0n) is 24.1. The molecular weight excluding hydrogens is 530 g/mol. The molecule has 0 aliphatic carbocycles. The lowest BCUT2D eigenvalue weighted by Gasteiger charge is -2.32. The van der Waals surface area contributed by atoms with Gasteiger partial charge in [0.15, 0.2) is 11.5 Å². The van der Waals surface area contributed by atoms with Gasteiger partial charge in [0.1, 0.15) is 0 Å². The second kappa shape index (κ2) is 13.6. The van der Waals surface area contributed by atoms with E-state index in [-0.39, 0.29) is 0 Å². The molecule has 0 saturated carbocycles. The van der Waals surface area contributed by atoms with E-state index in [4.69, 9.17) is 19.4 Å². The molecular formula is C32H35N7O3. The molecule has 3 aromatic carbocycles. The zero-order valence-corrected chi connectivity index (χ0v) is 24.1. The van der Waals surface area contributed by atoms with Crippen LogP contribution in [0.15, 0.2) is 77.9 Å². The van der Waals surface area contributed by atoms with Gasteiger partial charge >= 0.3 is 5.97 Å². The van der Waals surface area contributed by atoms with Gasteiger partial charge in [0.2, 0.25) is 17.8 Å². The van der Waals surface area contributed by atoms with Crippen LogP contribution < -0.4 is 25.1 Å². The molecule has 4 aromatic rings. The molecule has 5 rings (SSSR count). The molecule has 216 valence electrons. The highest BCUT2D eigenvalue weighted by atomic mass is 16.6. The van der Waals surface area contributed by atoms with Crippen molar-refractivity contribution in [3.05, 3.63) is 89.5 Å². The quantitative estimate of drug-likeness (QED) is 0.107. The Morgan fingerprint density at radius 1 is 0.976 bits per heavy atom. The van der Waals surface area contributed by atoms with Gasteiger partial charge < -0.3 is 19.7 Å². The monoisotopic (exact) mass is 565 g/mol. The van der Waals surface area contributed by atoms with E-state index in [0.717, 1.165) is 43.6 Å². The highest BCUT2D eigenvalue weighted by Crippen LogP contribution is 2.28. The summed E-state index contributed by atoms with van der Waals surface area (Å²) in [5.41, 5.74) is 7.12. The number of anilines is 4. The summed E-state index contributed by atoms with van der Waals surface area (Å²) in [4.78, 5) is 27.5. The third-order valence-electron chi connectivity index (χ3n) is 7.02. The third kappa shape index (κ3) is 7.81. The molecule has 1 fully saturated rings. The number of hydrogen-bond acceptors (Lipinski definition) is 10. The average molecular weight is 566 g/mol. The first-order chi connectivity index (χ1) is 20.4. The van der Waals surface area contributed by atoms with Crippen molar-refractivity contribution in [1.29, 1.82) is 0 Å². The van der Waals surface area contributed by atoms with Crippen LogP contribution in [0.3, 0.4) is 0 Å². The van der Waals surface area contributed by atoms with Gasteiger partial charge in [0.05, 0.1) is 13.3 Å². The average Bonchev–Trinajstić information content (AvgIpc) is 2.99. The van der Waals surface area contributed by atoms with Gasteiger partial charge in [-0.2, -0.15) is 20.1 Å². The number of nitrogens with one attached hydrogen (secondary N) is 2. The minimum atomic E-state index is -0.419. The second-order valence-electron chi connectivity index (χ2n) is 10.3. The van der Waals surface area contributed by atoms with Crippen LogP contribution in [0.5, 0.6) is 11.5 Å². The third-order valence-corrected chi connectivity index (χ3v) is 7.02. The lowest BCUT2D eigenvalue weighted by Crippen LogP contribution is -2.35. The van der Waals surface area contributed by atoms with Crippen LogP contribution in [0.2, 0.25) is 0 Å². The predicted octanol–water partition coefficient (Wildman–Crippen LogP) is 5.76. The summed E-state index contributed by atoms with van der Waals surface area (Å²) in [5, 5.41) is 7.64. The Morgan fingerprint density at radius 3 is 2.43 bits per heavy atom. The normalized spacial score (nSPS) is 13.6. The Kier molecular flexibility index (Phi) is 9.23. The van der Waals surface area contributed by atoms with Crippen molar-refractivity contribution < 1.29 is 14.3 Å². The number of carbonyl (C=O) groups excluding carboxylic acids is 1. The number of esters is 1. The summed E-state index contributed by atoms with van der Waals surface area (Å²) in [6, 6.07) is 23.9. The largest absolute Gasteiger partial charge is 0.493 e. The molecule has 1 aliphatic heterocycles. The molecule has 1 aromatic heterocycles. The number of hydrogen-bond donors (Lipinski definition) is 2. The lowest BCUT2D eigenvalue weighted by atomic mass is 9.90. The first kappa shape index (κ1) is 28.5. The second-order valence-corrected chi connectivity index (χ2v) is 10.3. The Labute approximate surface area is 245 Å². The number of carbonyl (C=O) groups is 1. The molecule has 10 nitrogen and oxygen atoms in total. The number of methoxy groups -OCH3 is 1. The van der Waals surface area contributed by atoms with Gasteiger partial charge in [-0.25, -0.2) is 5.43 Å². The van der Waals surface area contributed by atoms with Crippen molar-refractivity contribution in [3.8, 4) is 11.5 Å². The van der Waals surface area contributed by atoms with Crippen LogP contribution in [0, 0.1) is 12.8 Å². The van der Waals surface area contributed by atoms with E-state index in [2.05, 4.69) is 56.1 Å². The van der Waals surface area contributed by atoms with Gasteiger partial charge in [-0.05, 0) is 73.6 Å². The van der Waals surface area contributed by atoms with E-state index in [0.29, 0.717) is 35.3 Å². The highest BCUT2D eigenvalue weighted by Gasteiger charge is 2.22. The summed E-state index contributed by atoms with van der Waals surface area (Å²) in [6.45, 7) is 5.12. The molecule has 0 atom stereocenters. The van der Waals surface area contributed by atoms with E-state index in [1.54, 1.807) is 24.4 Å². The van der Waals surface area contributed by atoms with Crippen molar-refractivity contribution in [1.82, 2.24) is 15.0 Å². The molecule has 0 unspecified atom stereocenters. The molecule has 2 heterocycles. The molecule has 0 amide bonds. The van der Waals surface area contributed by atoms with Gasteiger partial charge in [0, 0.05) is 25.7 Å². The Morgan fingerprint density at radius 2 is 1.71 bits per heavy atom. The summed E-state index contributed by atoms with van der Waals surface area (Å²) >= 11 is 0. The molecule has 10 heteroatoms. The fourth-order valence-electron chi connectivity index (χ4n) is 4.83. The first-order valence-corrected chi connectivity index (χ1v) is 14.0. The van der Waals surface area contributed by atoms with Crippen molar-refractivity contribution in [2.75, 3.05) is 35.8 Å². The number of piperidine rings is 1. The fraction of sp³-hybridized carbons (Fsp3) is 0.281. The number of hydrazone groups is 1. The van der Waals surface area contributed by atoms with Gasteiger partial charge in [0.25, 0.3) is 0 Å². The Bertz CT molecular complexity index is 1520. The van der Waals surface area contributed by atoms with Crippen molar-refractivity contribution >= 4 is 35.7 Å². The minimum Gasteiger partial charge on any atom is -0.493 e. The summed E-state index contributed by atoms with van der Waals surface area (Å²) in [6.07, 6.45) is 4.83. The van der Waals surface area contributed by atoms with E-state index < -0.39 is 5.97 Å². The maximum Gasteiger partial charge on any atom is 0.308 e. The van der Waals surface area contributed by atoms with Gasteiger partial charge in [-0.3, -0.25) is 4.79 Å². The fourth-order valence-corrected chi connectivity index (χ4v) is 4.83. The number of benzene rings is 3. The van der Waals surface area contributed by atoms with Crippen molar-refractivity contribution in [3.63, 3.8) is 0 Å². The predicted molar refractivity (Wildman–Crippen MR) is 165 cm³/mol. The van der Waals surface area contributed by atoms with E-state index in [1.807, 2.05) is 31.2 Å². The number of ether oxygens (including phenoxy) is 2. The molecule has 0 spiro atoms. The molecule has 2 N–H and O–H groups in total. The van der Waals surface area contributed by atoms with Crippen LogP contribution >= 0.6 is 0 Å². The summed E-state index contributed by atoms with van der Waals surface area (Å²) in [5.74, 6) is 2.33. The number of nitrogens with zero attached hydrogens (tertiary/aromatic N) is 5. The van der Waals surface area contributed by atoms with E-state index in [1.165, 1.54) is 25.2 Å². The van der Waals surface area contributed by atoms with E-state index in [9.17, 15) is 4.79 Å². The summed E-state index contributed by atoms with van der Waals surface area (Å²) < 4.78 is 10.5. The van der Waals surface area contributed by atoms with Gasteiger partial charge in [-0.1, -0.05) is 48.0 Å². The molecule has 0 radical (unpaired) electrons. The van der Waals surface area contributed by atoms with Crippen LogP contribution in [-0.2, 0) is 11.2 Å². The molecule has 1 aliphatic rings. The van der Waals surface area contributed by atoms with Crippen LogP contribution in [0.4, 0.5) is 23.5 Å². The number of aryl methyl sites for hydroxylation is 1. The first-order valence-electron chi connectivity index (χ1n) is 14.0. The van der Waals surface area contributed by atoms with Crippen LogP contribution in [0.1, 0.15) is 36.5 Å². The minimum absolute atomic E-state index is 0.320. The number of aromatic nitrogens is 3. The van der Waals surface area contributed by atoms with E-state index >= 15 is 0 Å². The van der Waals surface area contributed by atoms with Gasteiger partial charge in [-0.15, -0.1) is 0 Å². The smallest absolute Gasteiger partial charge is 0.308 e. The lowest BCUT2D eigenvalue weighted by molar-refractivity contribution is -0.132. The van der Waals surface area contributed by atoms with Crippen LogP contribution in [0.25, 0.3) is 0 Å². The number of rotatable bonds is 10. The molecule has 1 saturated heterocycles. The Balaban J connectivity index is 1.31. The van der Waals surface area contributed by atoms with Crippen LogP contribution in [-0.4, -0.2) is 47.3 Å². The highest BCUT2D eigenvalue weighted by molar-refractivity contribution is 5.82. The standard InChI is InChI=1S/C32H35N7O3/c1-22-9-12-27(13-10-22)34-30-35-31(38-33-21-26-11-14-28(42-23(2)40)29(20-26)41-3)37-32(36-30)39-17-15-25(16-18-39)19-24-7-5-4-6-8-24/h4-14,20-21,25H,15-19H2,1-3H3,(H2,34,35,36,37,38). The topological polar surface area (TPSA) is 114 Å². The molecule has 0 bridgehead atoms. The Hall–Kier alpha value is -4.99. The van der Waals surface area contributed by atoms with Crippen molar-refractivity contribution in [2.24, 2.45) is 11.0 Å². The zero-order chi connectivity index (χ0) is 29.3. The maximum atomic E-state index is 11.3. The van der Waals surface area contributed by atoms with Crippen molar-refractivity contribution in [2.45, 2.75) is 33.1 Å².